The Kier molecular flexibility index (Phi) is 6.97. The van der Waals surface area contributed by atoms with Crippen LogP contribution in [0.3, 0.4) is 0 Å². The molecule has 3 aromatic rings. The Morgan fingerprint density at radius 1 is 1.32 bits per heavy atom. The van der Waals surface area contributed by atoms with Crippen LogP contribution >= 0.6 is 38.9 Å². The van der Waals surface area contributed by atoms with Crippen LogP contribution in [0.15, 0.2) is 61.9 Å². The second kappa shape index (κ2) is 9.77. The topological polar surface area (TPSA) is 90.1 Å². The minimum absolute atomic E-state index is 0.0228. The highest BCUT2D eigenvalue weighted by molar-refractivity contribution is 9.10. The molecule has 1 aliphatic heterocycles. The maximum atomic E-state index is 13.6. The summed E-state index contributed by atoms with van der Waals surface area (Å²) in [6.45, 7) is 3.65. The number of hydrogen-bond donors (Lipinski definition) is 1. The predicted octanol–water partition coefficient (Wildman–Crippen LogP) is 3.93. The molecule has 0 radical (unpaired) electrons. The van der Waals surface area contributed by atoms with Gasteiger partial charge in [0, 0.05) is 9.50 Å². The summed E-state index contributed by atoms with van der Waals surface area (Å²) in [6, 6.07) is 9.40. The Bertz CT molecular complexity index is 1490. The van der Waals surface area contributed by atoms with Gasteiger partial charge in [0.05, 0.1) is 35.6 Å². The molecule has 1 aliphatic rings. The van der Waals surface area contributed by atoms with Crippen molar-refractivity contribution < 1.29 is 19.4 Å². The number of nitrogens with zero attached hydrogens (tertiary/aromatic N) is 2. The molecule has 0 amide bonds. The van der Waals surface area contributed by atoms with Crippen LogP contribution in [0.2, 0.25) is 5.02 Å². The molecule has 0 spiro atoms. The highest BCUT2D eigenvalue weighted by Crippen LogP contribution is 2.33. The van der Waals surface area contributed by atoms with E-state index in [2.05, 4.69) is 20.9 Å². The first-order valence-electron chi connectivity index (χ1n) is 10.3. The van der Waals surface area contributed by atoms with Crippen molar-refractivity contribution >= 4 is 50.9 Å². The van der Waals surface area contributed by atoms with Crippen molar-refractivity contribution in [1.82, 2.24) is 4.57 Å². The molecule has 0 saturated carbocycles. The van der Waals surface area contributed by atoms with Gasteiger partial charge in [0.1, 0.15) is 0 Å². The number of benzene rings is 2. The normalized spacial score (nSPS) is 15.7. The maximum absolute atomic E-state index is 13.6. The zero-order valence-electron chi connectivity index (χ0n) is 18.5. The molecular weight excluding hydrogens is 544 g/mol. The Morgan fingerprint density at radius 2 is 2.03 bits per heavy atom. The number of hydrogen-bond acceptors (Lipinski definition) is 7. The monoisotopic (exact) mass is 562 g/mol. The lowest BCUT2D eigenvalue weighted by Crippen LogP contribution is -2.39. The molecule has 176 valence electrons. The predicted molar refractivity (Wildman–Crippen MR) is 134 cm³/mol. The van der Waals surface area contributed by atoms with E-state index in [0.29, 0.717) is 41.2 Å². The quantitative estimate of drug-likeness (QED) is 0.475. The Labute approximate surface area is 212 Å². The van der Waals surface area contributed by atoms with Crippen LogP contribution in [0, 0.1) is 0 Å². The van der Waals surface area contributed by atoms with Crippen molar-refractivity contribution in [3.8, 4) is 11.5 Å². The lowest BCUT2D eigenvalue weighted by Gasteiger charge is -2.24. The third-order valence-corrected chi connectivity index (χ3v) is 7.21. The largest absolute Gasteiger partial charge is 0.504 e. The summed E-state index contributed by atoms with van der Waals surface area (Å²) in [5.41, 5.74) is 1.83. The number of phenols is 1. The van der Waals surface area contributed by atoms with E-state index in [9.17, 15) is 14.7 Å². The summed E-state index contributed by atoms with van der Waals surface area (Å²) in [7, 11) is 1.45. The van der Waals surface area contributed by atoms with Gasteiger partial charge in [0.25, 0.3) is 5.56 Å². The number of fused-ring (bicyclic) bond motifs is 1. The third-order valence-electron chi connectivity index (χ3n) is 5.29. The second-order valence-corrected chi connectivity index (χ2v) is 9.70. The fourth-order valence-electron chi connectivity index (χ4n) is 3.73. The van der Waals surface area contributed by atoms with E-state index in [1.54, 1.807) is 50.3 Å². The zero-order valence-corrected chi connectivity index (χ0v) is 21.6. The van der Waals surface area contributed by atoms with Gasteiger partial charge in [0.2, 0.25) is 0 Å². The molecule has 1 atom stereocenters. The van der Waals surface area contributed by atoms with Crippen LogP contribution < -0.4 is 19.6 Å². The number of ether oxygens (including phenoxy) is 2. The fraction of sp³-hybridized carbons (Fsp3) is 0.208. The fourth-order valence-corrected chi connectivity index (χ4v) is 5.34. The first-order valence-corrected chi connectivity index (χ1v) is 12.3. The summed E-state index contributed by atoms with van der Waals surface area (Å²) in [6.07, 6.45) is 1.69. The van der Waals surface area contributed by atoms with Crippen molar-refractivity contribution in [2.24, 2.45) is 4.99 Å². The summed E-state index contributed by atoms with van der Waals surface area (Å²) < 4.78 is 13.0. The standard InChI is InChI=1S/C24H20BrClN2O5S/c1-4-33-23(31)20-12(2)27-24-28(21(20)13-5-7-15(26)8-6-13)22(30)19(34-24)10-14-9-18(32-3)17(29)11-16(14)25/h5-11,21,29H,4H2,1-3H3/b19-10+. The van der Waals surface area contributed by atoms with E-state index in [4.69, 9.17) is 21.1 Å². The number of carbonyl (C=O) groups excluding carboxylic acids is 1. The number of aromatic hydroxyl groups is 1. The number of methoxy groups -OCH3 is 1. The van der Waals surface area contributed by atoms with Crippen LogP contribution in [0.4, 0.5) is 0 Å². The summed E-state index contributed by atoms with van der Waals surface area (Å²) >= 11 is 10.7. The number of aromatic nitrogens is 1. The van der Waals surface area contributed by atoms with Gasteiger partial charge in [-0.25, -0.2) is 9.79 Å². The average molecular weight is 564 g/mol. The number of phenolic OH excluding ortho intramolecular Hbond substituents is 1. The van der Waals surface area contributed by atoms with Crippen LogP contribution in [-0.4, -0.2) is 29.4 Å². The van der Waals surface area contributed by atoms with E-state index in [1.807, 2.05) is 0 Å². The van der Waals surface area contributed by atoms with Gasteiger partial charge in [-0.2, -0.15) is 0 Å². The zero-order chi connectivity index (χ0) is 24.6. The van der Waals surface area contributed by atoms with Gasteiger partial charge >= 0.3 is 5.97 Å². The molecule has 34 heavy (non-hydrogen) atoms. The van der Waals surface area contributed by atoms with Crippen LogP contribution in [0.5, 0.6) is 11.5 Å². The van der Waals surface area contributed by atoms with Crippen molar-refractivity contribution in [1.29, 1.82) is 0 Å². The third kappa shape index (κ3) is 4.43. The van der Waals surface area contributed by atoms with Gasteiger partial charge in [-0.3, -0.25) is 9.36 Å². The maximum Gasteiger partial charge on any atom is 0.338 e. The molecule has 0 fully saturated rings. The Hall–Kier alpha value is -2.88. The van der Waals surface area contributed by atoms with E-state index in [1.165, 1.54) is 29.1 Å². The minimum Gasteiger partial charge on any atom is -0.504 e. The minimum atomic E-state index is -0.715. The van der Waals surface area contributed by atoms with E-state index < -0.39 is 12.0 Å². The highest BCUT2D eigenvalue weighted by atomic mass is 79.9. The van der Waals surface area contributed by atoms with Crippen LogP contribution in [-0.2, 0) is 9.53 Å². The number of rotatable bonds is 5. The number of esters is 1. The van der Waals surface area contributed by atoms with Crippen LogP contribution in [0.25, 0.3) is 6.08 Å². The number of halogens is 2. The van der Waals surface area contributed by atoms with Crippen LogP contribution in [0.1, 0.15) is 31.0 Å². The van der Waals surface area contributed by atoms with E-state index in [0.717, 1.165) is 0 Å². The first kappa shape index (κ1) is 24.3. The smallest absolute Gasteiger partial charge is 0.338 e. The Balaban J connectivity index is 1.96. The van der Waals surface area contributed by atoms with Crippen molar-refractivity contribution in [3.05, 3.63) is 88.0 Å². The second-order valence-electron chi connectivity index (χ2n) is 7.40. The number of thiazole rings is 1. The molecule has 4 rings (SSSR count). The summed E-state index contributed by atoms with van der Waals surface area (Å²) in [4.78, 5) is 31.5. The molecule has 2 aromatic carbocycles. The van der Waals surface area contributed by atoms with Gasteiger partial charge in [0.15, 0.2) is 16.3 Å². The van der Waals surface area contributed by atoms with Gasteiger partial charge in [-0.05, 0) is 55.3 Å². The molecule has 1 aromatic heterocycles. The lowest BCUT2D eigenvalue weighted by atomic mass is 9.96. The number of allylic oxidation sites excluding steroid dienone is 1. The molecule has 1 unspecified atom stereocenters. The van der Waals surface area contributed by atoms with Crippen molar-refractivity contribution in [2.75, 3.05) is 13.7 Å². The molecule has 10 heteroatoms. The highest BCUT2D eigenvalue weighted by Gasteiger charge is 2.33. The Morgan fingerprint density at radius 3 is 2.68 bits per heavy atom. The molecule has 2 heterocycles. The van der Waals surface area contributed by atoms with Gasteiger partial charge in [-0.1, -0.05) is 51.0 Å². The molecule has 1 N–H and O–H groups in total. The summed E-state index contributed by atoms with van der Waals surface area (Å²) in [5, 5.41) is 10.5. The molecule has 0 aliphatic carbocycles. The molecular formula is C24H20BrClN2O5S. The number of carbonyl (C=O) groups is 1. The average Bonchev–Trinajstić information content (AvgIpc) is 3.10. The van der Waals surface area contributed by atoms with E-state index in [-0.39, 0.29) is 23.7 Å². The molecule has 0 saturated heterocycles. The van der Waals surface area contributed by atoms with Gasteiger partial charge in [-0.15, -0.1) is 0 Å². The van der Waals surface area contributed by atoms with Crippen molar-refractivity contribution in [3.63, 3.8) is 0 Å². The molecule has 7 nitrogen and oxygen atoms in total. The van der Waals surface area contributed by atoms with Crippen molar-refractivity contribution in [2.45, 2.75) is 19.9 Å². The summed E-state index contributed by atoms with van der Waals surface area (Å²) in [5.74, 6) is -0.267. The van der Waals surface area contributed by atoms with Gasteiger partial charge < -0.3 is 14.6 Å². The lowest BCUT2D eigenvalue weighted by molar-refractivity contribution is -0.139. The SMILES string of the molecule is CCOC(=O)C1=C(C)N=c2s/c(=C/c3cc(OC)c(O)cc3Br)c(=O)n2C1c1ccc(Cl)cc1. The molecule has 0 bridgehead atoms. The first-order chi connectivity index (χ1) is 16.2. The van der Waals surface area contributed by atoms with E-state index >= 15 is 0 Å².